The van der Waals surface area contributed by atoms with Crippen LogP contribution in [0.15, 0.2) is 78.1 Å². The third-order valence-electron chi connectivity index (χ3n) is 8.79. The quantitative estimate of drug-likeness (QED) is 0.142. The van der Waals surface area contributed by atoms with Crippen LogP contribution in [0.1, 0.15) is 75.8 Å². The summed E-state index contributed by atoms with van der Waals surface area (Å²) in [4.78, 5) is 27.0. The Kier molecular flexibility index (Phi) is 12.7. The molecule has 2 aliphatic heterocycles. The first-order valence-corrected chi connectivity index (χ1v) is 16.8. The number of carbonyl (C=O) groups is 2. The summed E-state index contributed by atoms with van der Waals surface area (Å²) in [5.74, 6) is 1.82. The van der Waals surface area contributed by atoms with E-state index in [1.807, 2.05) is 79.3 Å². The molecule has 0 radical (unpaired) electrons. The summed E-state index contributed by atoms with van der Waals surface area (Å²) < 4.78 is 30.6. The number of carbonyl (C=O) groups excluding carboxylic acids is 2. The van der Waals surface area contributed by atoms with Crippen molar-refractivity contribution in [1.82, 2.24) is 14.8 Å². The van der Waals surface area contributed by atoms with Gasteiger partial charge in [0.05, 0.1) is 50.4 Å². The molecule has 0 bridgehead atoms. The molecule has 0 aliphatic carbocycles. The molecular formula is C40H45N3O7. The summed E-state index contributed by atoms with van der Waals surface area (Å²) in [5, 5.41) is 4.42. The number of pyridine rings is 1. The molecule has 4 heterocycles. The predicted molar refractivity (Wildman–Crippen MR) is 192 cm³/mol. The van der Waals surface area contributed by atoms with Crippen LogP contribution in [0.5, 0.6) is 17.4 Å². The minimum Gasteiger partial charge on any atom is -0.488 e. The summed E-state index contributed by atoms with van der Waals surface area (Å²) in [6.45, 7) is 11.2. The van der Waals surface area contributed by atoms with Crippen molar-refractivity contribution in [1.29, 1.82) is 0 Å². The van der Waals surface area contributed by atoms with E-state index in [1.165, 1.54) is 5.57 Å². The molecule has 10 heteroatoms. The van der Waals surface area contributed by atoms with E-state index in [1.54, 1.807) is 13.3 Å². The molecule has 50 heavy (non-hydrogen) atoms. The largest absolute Gasteiger partial charge is 0.488 e. The van der Waals surface area contributed by atoms with Gasteiger partial charge >= 0.3 is 0 Å². The first-order valence-electron chi connectivity index (χ1n) is 16.8. The van der Waals surface area contributed by atoms with Crippen molar-refractivity contribution in [2.75, 3.05) is 46.8 Å². The molecule has 0 N–H and O–H groups in total. The molecule has 6 rings (SSSR count). The Labute approximate surface area is 293 Å². The van der Waals surface area contributed by atoms with E-state index in [-0.39, 0.29) is 6.04 Å². The van der Waals surface area contributed by atoms with Crippen LogP contribution in [0.3, 0.4) is 0 Å². The van der Waals surface area contributed by atoms with Gasteiger partial charge in [0.2, 0.25) is 5.88 Å². The Morgan fingerprint density at radius 1 is 0.780 bits per heavy atom. The van der Waals surface area contributed by atoms with Gasteiger partial charge in [0.1, 0.15) is 24.7 Å². The topological polar surface area (TPSA) is 111 Å². The van der Waals surface area contributed by atoms with Crippen molar-refractivity contribution >= 4 is 23.7 Å². The molecule has 262 valence electrons. The van der Waals surface area contributed by atoms with Gasteiger partial charge in [-0.05, 0) is 98.7 Å². The van der Waals surface area contributed by atoms with Gasteiger partial charge in [-0.15, -0.1) is 0 Å². The molecule has 0 saturated heterocycles. The average molecular weight is 680 g/mol. The Hall–Kier alpha value is -5.06. The molecule has 0 spiro atoms. The lowest BCUT2D eigenvalue weighted by molar-refractivity contribution is 0.111. The molecular weight excluding hydrogens is 634 g/mol. The lowest BCUT2D eigenvalue weighted by Gasteiger charge is -2.23. The van der Waals surface area contributed by atoms with E-state index < -0.39 is 0 Å². The Balaban J connectivity index is 0.000000194. The van der Waals surface area contributed by atoms with Crippen LogP contribution in [0.25, 0.3) is 11.1 Å². The van der Waals surface area contributed by atoms with Crippen LogP contribution >= 0.6 is 0 Å². The number of benzene rings is 2. The maximum absolute atomic E-state index is 11.3. The highest BCUT2D eigenvalue weighted by atomic mass is 16.5. The lowest BCUT2D eigenvalue weighted by atomic mass is 9.97. The number of aromatic nitrogens is 3. The van der Waals surface area contributed by atoms with Gasteiger partial charge in [0, 0.05) is 29.6 Å². The molecule has 0 fully saturated rings. The summed E-state index contributed by atoms with van der Waals surface area (Å²) in [7, 11) is 1.62. The van der Waals surface area contributed by atoms with Crippen LogP contribution in [-0.4, -0.2) is 74.1 Å². The second-order valence-corrected chi connectivity index (χ2v) is 12.4. The smallest absolute Gasteiger partial charge is 0.220 e. The van der Waals surface area contributed by atoms with Crippen LogP contribution in [0.2, 0.25) is 0 Å². The highest BCUT2D eigenvalue weighted by Gasteiger charge is 2.21. The number of methoxy groups -OCH3 is 1. The number of aryl methyl sites for hydroxylation is 2. The zero-order chi connectivity index (χ0) is 35.5. The zero-order valence-electron chi connectivity index (χ0n) is 29.4. The first kappa shape index (κ1) is 36.2. The molecule has 0 amide bonds. The summed E-state index contributed by atoms with van der Waals surface area (Å²) in [6, 6.07) is 17.4. The number of rotatable bonds is 12. The maximum atomic E-state index is 11.3. The fraction of sp³-hybridized carbons (Fsp3) is 0.350. The highest BCUT2D eigenvalue weighted by Crippen LogP contribution is 2.33. The van der Waals surface area contributed by atoms with E-state index in [0.717, 1.165) is 64.5 Å². The highest BCUT2D eigenvalue weighted by molar-refractivity contribution is 5.82. The van der Waals surface area contributed by atoms with Crippen LogP contribution in [0.4, 0.5) is 0 Å². The van der Waals surface area contributed by atoms with E-state index in [2.05, 4.69) is 23.9 Å². The zero-order valence-corrected chi connectivity index (χ0v) is 29.4. The Morgan fingerprint density at radius 3 is 2.06 bits per heavy atom. The first-order chi connectivity index (χ1) is 24.4. The number of nitrogens with zero attached hydrogens (tertiary/aromatic N) is 3. The van der Waals surface area contributed by atoms with Gasteiger partial charge in [-0.1, -0.05) is 24.3 Å². The third kappa shape index (κ3) is 8.56. The predicted octanol–water partition coefficient (Wildman–Crippen LogP) is 7.30. The third-order valence-corrected chi connectivity index (χ3v) is 8.79. The fourth-order valence-electron chi connectivity index (χ4n) is 6.06. The van der Waals surface area contributed by atoms with Crippen molar-refractivity contribution in [2.45, 2.75) is 46.6 Å². The lowest BCUT2D eigenvalue weighted by Crippen LogP contribution is -2.18. The van der Waals surface area contributed by atoms with Gasteiger partial charge in [0.15, 0.2) is 12.6 Å². The van der Waals surface area contributed by atoms with Crippen LogP contribution in [0, 0.1) is 13.8 Å². The second kappa shape index (κ2) is 17.6. The van der Waals surface area contributed by atoms with Gasteiger partial charge in [-0.3, -0.25) is 14.3 Å². The van der Waals surface area contributed by atoms with Crippen LogP contribution < -0.4 is 14.2 Å². The van der Waals surface area contributed by atoms with Crippen molar-refractivity contribution in [3.05, 3.63) is 112 Å². The average Bonchev–Trinajstić information content (AvgIpc) is 3.64. The van der Waals surface area contributed by atoms with Crippen molar-refractivity contribution in [3.63, 3.8) is 0 Å². The molecule has 10 nitrogen and oxygen atoms in total. The number of aldehydes is 2. The Bertz CT molecular complexity index is 1860. The normalized spacial score (nSPS) is 14.6. The van der Waals surface area contributed by atoms with Crippen molar-refractivity contribution < 1.29 is 33.3 Å². The van der Waals surface area contributed by atoms with Gasteiger partial charge < -0.3 is 23.7 Å². The molecule has 2 aromatic carbocycles. The Morgan fingerprint density at radius 2 is 1.42 bits per heavy atom. The van der Waals surface area contributed by atoms with E-state index in [4.69, 9.17) is 23.7 Å². The number of hydrogen-bond acceptors (Lipinski definition) is 9. The molecule has 0 saturated carbocycles. The number of ether oxygens (including phenoxy) is 5. The molecule has 2 aliphatic rings. The molecule has 4 aromatic rings. The molecule has 2 aromatic heterocycles. The minimum absolute atomic E-state index is 0.278. The maximum Gasteiger partial charge on any atom is 0.220 e. The summed E-state index contributed by atoms with van der Waals surface area (Å²) in [6.07, 6.45) is 6.82. The monoisotopic (exact) mass is 679 g/mol. The van der Waals surface area contributed by atoms with E-state index >= 15 is 0 Å². The molecule has 0 unspecified atom stereocenters. The second-order valence-electron chi connectivity index (χ2n) is 12.4. The van der Waals surface area contributed by atoms with Gasteiger partial charge in [-0.2, -0.15) is 5.10 Å². The van der Waals surface area contributed by atoms with E-state index in [9.17, 15) is 9.59 Å². The SMILES string of the molecule is COc1ncccc1C1=C(COc2cccc(C)c2C=O)COCC1.Cc1cccc(OCC2=C(c3ccnn3C(C)C)COCC2)c1C=O. The molecule has 0 atom stereocenters. The van der Waals surface area contributed by atoms with E-state index in [0.29, 0.717) is 68.1 Å². The van der Waals surface area contributed by atoms with Crippen molar-refractivity contribution in [3.8, 4) is 17.4 Å². The van der Waals surface area contributed by atoms with Crippen molar-refractivity contribution in [2.24, 2.45) is 0 Å². The standard InChI is InChI=1S/C20H24N2O3.C20H21NO4/c1-14(2)22-19(7-9-21-22)18-13-24-10-8-16(18)12-25-20-6-4-5-15(3)17(20)11-23;1-14-5-3-7-19(18(14)11-22)25-13-15-12-24-10-8-16(15)17-6-4-9-21-20(17)23-2/h4-7,9,11,14H,8,10,12-13H2,1-3H3;3-7,9,11H,8,10,12-13H2,1-2H3. The van der Waals surface area contributed by atoms with Crippen LogP contribution in [-0.2, 0) is 9.47 Å². The summed E-state index contributed by atoms with van der Waals surface area (Å²) in [5.41, 5.74) is 9.57. The van der Waals surface area contributed by atoms with Gasteiger partial charge in [0.25, 0.3) is 0 Å². The minimum atomic E-state index is 0.278. The number of hydrogen-bond donors (Lipinski definition) is 0. The summed E-state index contributed by atoms with van der Waals surface area (Å²) >= 11 is 0. The fourth-order valence-corrected chi connectivity index (χ4v) is 6.06. The van der Waals surface area contributed by atoms with Gasteiger partial charge in [-0.25, -0.2) is 4.98 Å².